The Morgan fingerprint density at radius 1 is 1.38 bits per heavy atom. The Bertz CT molecular complexity index is 568. The maximum atomic E-state index is 13.2. The normalized spacial score (nSPS) is 16.1. The van der Waals surface area contributed by atoms with Crippen LogP contribution in [0.3, 0.4) is 0 Å². The minimum absolute atomic E-state index is 0.117. The maximum absolute atomic E-state index is 13.2. The number of hydrogen-bond donors (Lipinski definition) is 2. The summed E-state index contributed by atoms with van der Waals surface area (Å²) in [5, 5.41) is 6.04. The monoisotopic (exact) mass is 334 g/mol. The lowest BCUT2D eigenvalue weighted by Gasteiger charge is -2.34. The summed E-state index contributed by atoms with van der Waals surface area (Å²) >= 11 is 0. The first-order valence-electron chi connectivity index (χ1n) is 8.53. The molecule has 1 aliphatic heterocycles. The Morgan fingerprint density at radius 3 is 2.75 bits per heavy atom. The molecule has 0 aromatic heterocycles. The van der Waals surface area contributed by atoms with Crippen molar-refractivity contribution in [3.05, 3.63) is 35.6 Å². The van der Waals surface area contributed by atoms with Crippen LogP contribution in [-0.4, -0.2) is 50.5 Å². The average molecular weight is 334 g/mol. The smallest absolute Gasteiger partial charge is 0.220 e. The van der Waals surface area contributed by atoms with Gasteiger partial charge in [-0.05, 0) is 42.9 Å². The molecule has 6 heteroatoms. The minimum atomic E-state index is -0.199. The number of amides is 1. The number of guanidine groups is 1. The highest BCUT2D eigenvalue weighted by Crippen LogP contribution is 2.20. The molecular weight excluding hydrogens is 307 g/mol. The van der Waals surface area contributed by atoms with Gasteiger partial charge in [0.2, 0.25) is 5.91 Å². The Morgan fingerprint density at radius 2 is 2.12 bits per heavy atom. The van der Waals surface area contributed by atoms with Gasteiger partial charge in [-0.1, -0.05) is 12.1 Å². The quantitative estimate of drug-likeness (QED) is 0.638. The Kier molecular flexibility index (Phi) is 7.03. The average Bonchev–Trinajstić information content (AvgIpc) is 2.59. The zero-order chi connectivity index (χ0) is 17.4. The Balaban J connectivity index is 1.75. The lowest BCUT2D eigenvalue weighted by molar-refractivity contribution is -0.121. The van der Waals surface area contributed by atoms with Crippen LogP contribution in [0.5, 0.6) is 0 Å². The number of likely N-dealkylation sites (tertiary alicyclic amines) is 1. The molecule has 1 fully saturated rings. The highest BCUT2D eigenvalue weighted by molar-refractivity contribution is 5.80. The molecule has 0 radical (unpaired) electrons. The van der Waals surface area contributed by atoms with Crippen LogP contribution in [0.25, 0.3) is 0 Å². The molecule has 1 heterocycles. The molecule has 1 amide bonds. The summed E-state index contributed by atoms with van der Waals surface area (Å²) in [4.78, 5) is 18.0. The van der Waals surface area contributed by atoms with E-state index in [1.165, 1.54) is 6.07 Å². The van der Waals surface area contributed by atoms with Gasteiger partial charge >= 0.3 is 0 Å². The van der Waals surface area contributed by atoms with Gasteiger partial charge in [0, 0.05) is 40.2 Å². The van der Waals surface area contributed by atoms with Crippen LogP contribution in [0, 0.1) is 11.7 Å². The van der Waals surface area contributed by atoms with Gasteiger partial charge < -0.3 is 15.5 Å². The molecule has 0 atom stereocenters. The highest BCUT2D eigenvalue weighted by atomic mass is 19.1. The van der Waals surface area contributed by atoms with Crippen LogP contribution in [-0.2, 0) is 11.2 Å². The van der Waals surface area contributed by atoms with Gasteiger partial charge in [0.05, 0.1) is 0 Å². The number of carbonyl (C=O) groups is 1. The van der Waals surface area contributed by atoms with E-state index in [2.05, 4.69) is 20.5 Å². The van der Waals surface area contributed by atoms with Gasteiger partial charge in [0.25, 0.3) is 0 Å². The summed E-state index contributed by atoms with van der Waals surface area (Å²) in [6, 6.07) is 6.68. The fraction of sp³-hybridized carbons (Fsp3) is 0.556. The van der Waals surface area contributed by atoms with Crippen LogP contribution < -0.4 is 10.6 Å². The van der Waals surface area contributed by atoms with E-state index in [9.17, 15) is 9.18 Å². The number of halogens is 1. The van der Waals surface area contributed by atoms with Crippen molar-refractivity contribution < 1.29 is 9.18 Å². The number of hydrogen-bond acceptors (Lipinski definition) is 2. The number of carbonyl (C=O) groups excluding carboxylic acids is 1. The first-order valence-corrected chi connectivity index (χ1v) is 8.53. The standard InChI is InChI=1S/C18H27FN4O/c1-20-17(24)13-15-7-10-23(11-8-15)18(21-2)22-9-6-14-4-3-5-16(19)12-14/h3-5,12,15H,6-11,13H2,1-2H3,(H,20,24)(H,21,22). The molecule has 5 nitrogen and oxygen atoms in total. The molecule has 1 aromatic rings. The summed E-state index contributed by atoms with van der Waals surface area (Å²) in [6.07, 6.45) is 3.36. The molecular formula is C18H27FN4O. The zero-order valence-corrected chi connectivity index (χ0v) is 14.5. The molecule has 1 aliphatic rings. The molecule has 1 aromatic carbocycles. The van der Waals surface area contributed by atoms with Crippen molar-refractivity contribution >= 4 is 11.9 Å². The van der Waals surface area contributed by atoms with Crippen molar-refractivity contribution in [2.45, 2.75) is 25.7 Å². The lowest BCUT2D eigenvalue weighted by Crippen LogP contribution is -2.46. The van der Waals surface area contributed by atoms with Crippen molar-refractivity contribution in [3.63, 3.8) is 0 Å². The molecule has 2 N–H and O–H groups in total. The van der Waals surface area contributed by atoms with Gasteiger partial charge in [-0.15, -0.1) is 0 Å². The Hall–Kier alpha value is -2.11. The van der Waals surface area contributed by atoms with E-state index < -0.39 is 0 Å². The molecule has 24 heavy (non-hydrogen) atoms. The van der Waals surface area contributed by atoms with Crippen molar-refractivity contribution in [1.82, 2.24) is 15.5 Å². The zero-order valence-electron chi connectivity index (χ0n) is 14.5. The van der Waals surface area contributed by atoms with Crippen molar-refractivity contribution in [2.75, 3.05) is 33.7 Å². The van der Waals surface area contributed by atoms with Crippen LogP contribution in [0.15, 0.2) is 29.3 Å². The summed E-state index contributed by atoms with van der Waals surface area (Å²) in [5.41, 5.74) is 0.974. The molecule has 0 aliphatic carbocycles. The molecule has 2 rings (SSSR count). The summed E-state index contributed by atoms with van der Waals surface area (Å²) < 4.78 is 13.2. The molecule has 132 valence electrons. The third kappa shape index (κ3) is 5.51. The second kappa shape index (κ2) is 9.25. The van der Waals surface area contributed by atoms with Crippen LogP contribution in [0.1, 0.15) is 24.8 Å². The third-order valence-corrected chi connectivity index (χ3v) is 4.46. The number of benzene rings is 1. The largest absolute Gasteiger partial charge is 0.359 e. The van der Waals surface area contributed by atoms with Crippen LogP contribution in [0.2, 0.25) is 0 Å². The molecule has 1 saturated heterocycles. The van der Waals surface area contributed by atoms with E-state index in [1.807, 2.05) is 6.07 Å². The second-order valence-electron chi connectivity index (χ2n) is 6.16. The van der Waals surface area contributed by atoms with Gasteiger partial charge in [-0.2, -0.15) is 0 Å². The minimum Gasteiger partial charge on any atom is -0.359 e. The number of rotatable bonds is 5. The number of piperidine rings is 1. The van der Waals surface area contributed by atoms with Crippen LogP contribution >= 0.6 is 0 Å². The predicted octanol–water partition coefficient (Wildman–Crippen LogP) is 1.79. The summed E-state index contributed by atoms with van der Waals surface area (Å²) in [7, 11) is 3.46. The predicted molar refractivity (Wildman–Crippen MR) is 94.4 cm³/mol. The molecule has 0 bridgehead atoms. The Labute approximate surface area is 143 Å². The fourth-order valence-electron chi connectivity index (χ4n) is 3.06. The van der Waals surface area contributed by atoms with E-state index in [0.717, 1.165) is 43.9 Å². The molecule has 0 spiro atoms. The first kappa shape index (κ1) is 18.2. The molecule has 0 unspecified atom stereocenters. The van der Waals surface area contributed by atoms with Gasteiger partial charge in [-0.25, -0.2) is 4.39 Å². The van der Waals surface area contributed by atoms with E-state index in [0.29, 0.717) is 18.9 Å². The van der Waals surface area contributed by atoms with Gasteiger partial charge in [0.1, 0.15) is 5.82 Å². The number of nitrogens with one attached hydrogen (secondary N) is 2. The highest BCUT2D eigenvalue weighted by Gasteiger charge is 2.22. The number of nitrogens with zero attached hydrogens (tertiary/aromatic N) is 2. The van der Waals surface area contributed by atoms with E-state index >= 15 is 0 Å². The first-order chi connectivity index (χ1) is 11.6. The lowest BCUT2D eigenvalue weighted by atomic mass is 9.93. The SMILES string of the molecule is CN=C(NCCc1cccc(F)c1)N1CCC(CC(=O)NC)CC1. The fourth-order valence-corrected chi connectivity index (χ4v) is 3.06. The third-order valence-electron chi connectivity index (χ3n) is 4.46. The van der Waals surface area contributed by atoms with E-state index in [1.54, 1.807) is 26.2 Å². The van der Waals surface area contributed by atoms with E-state index in [4.69, 9.17) is 0 Å². The molecule has 0 saturated carbocycles. The summed E-state index contributed by atoms with van der Waals surface area (Å²) in [6.45, 7) is 2.52. The van der Waals surface area contributed by atoms with Crippen molar-refractivity contribution in [2.24, 2.45) is 10.9 Å². The second-order valence-corrected chi connectivity index (χ2v) is 6.16. The van der Waals surface area contributed by atoms with Gasteiger partial charge in [-0.3, -0.25) is 9.79 Å². The number of aliphatic imine (C=N–C) groups is 1. The van der Waals surface area contributed by atoms with Crippen molar-refractivity contribution in [1.29, 1.82) is 0 Å². The van der Waals surface area contributed by atoms with Crippen LogP contribution in [0.4, 0.5) is 4.39 Å². The van der Waals surface area contributed by atoms with Gasteiger partial charge in [0.15, 0.2) is 5.96 Å². The van der Waals surface area contributed by atoms with Crippen molar-refractivity contribution in [3.8, 4) is 0 Å². The van der Waals surface area contributed by atoms with E-state index in [-0.39, 0.29) is 11.7 Å². The summed E-state index contributed by atoms with van der Waals surface area (Å²) in [5.74, 6) is 1.25. The topological polar surface area (TPSA) is 56.7 Å². The maximum Gasteiger partial charge on any atom is 0.220 e.